The van der Waals surface area contributed by atoms with Crippen LogP contribution in [0.25, 0.3) is 10.9 Å². The summed E-state index contributed by atoms with van der Waals surface area (Å²) in [5.41, 5.74) is 7.47. The van der Waals surface area contributed by atoms with E-state index in [4.69, 9.17) is 10.8 Å². The smallest absolute Gasteiger partial charge is 0.326 e. The Kier molecular flexibility index (Phi) is 10.6. The second-order valence-electron chi connectivity index (χ2n) is 9.83. The SMILES string of the molecule is CC(O)C(NC(=O)C(N)CC(=O)O)C(=O)NC(Cc1c[nH]c2ccccc12)C(=O)NC(Cc1ccc(O)cc1)C(=O)O. The standard InChI is InChI=1S/C28H33N5O9/c1-14(34)24(33-25(38)19(29)12-23(36)37)27(40)31-21(11-16-13-30-20-5-3-2-4-18(16)20)26(39)32-22(28(41)42)10-15-6-8-17(35)9-7-15/h2-9,13-14,19,21-22,24,30,34-35H,10-12,29H2,1H3,(H,31,40)(H,32,39)(H,33,38)(H,36,37)(H,41,42). The van der Waals surface area contributed by atoms with E-state index in [-0.39, 0.29) is 18.6 Å². The van der Waals surface area contributed by atoms with Gasteiger partial charge in [-0.1, -0.05) is 30.3 Å². The monoisotopic (exact) mass is 583 g/mol. The number of phenols is 1. The van der Waals surface area contributed by atoms with Crippen LogP contribution in [0, 0.1) is 0 Å². The van der Waals surface area contributed by atoms with E-state index in [2.05, 4.69) is 20.9 Å². The predicted molar refractivity (Wildman–Crippen MR) is 149 cm³/mol. The van der Waals surface area contributed by atoms with Crippen LogP contribution in [0.15, 0.2) is 54.7 Å². The minimum atomic E-state index is -1.61. The molecule has 0 spiro atoms. The van der Waals surface area contributed by atoms with Crippen LogP contribution >= 0.6 is 0 Å². The third-order valence-electron chi connectivity index (χ3n) is 6.52. The Labute approximate surface area is 239 Å². The predicted octanol–water partition coefficient (Wildman–Crippen LogP) is -0.619. The lowest BCUT2D eigenvalue weighted by Gasteiger charge is -2.26. The number of benzene rings is 2. The van der Waals surface area contributed by atoms with Crippen molar-refractivity contribution in [3.63, 3.8) is 0 Å². The summed E-state index contributed by atoms with van der Waals surface area (Å²) in [5.74, 6) is -5.53. The average molecular weight is 584 g/mol. The van der Waals surface area contributed by atoms with Crippen molar-refractivity contribution in [1.29, 1.82) is 0 Å². The third kappa shape index (κ3) is 8.52. The van der Waals surface area contributed by atoms with Crippen molar-refractivity contribution in [2.24, 2.45) is 5.73 Å². The fraction of sp³-hybridized carbons (Fsp3) is 0.321. The molecule has 0 aliphatic heterocycles. The van der Waals surface area contributed by atoms with Crippen molar-refractivity contribution in [2.75, 3.05) is 0 Å². The Balaban J connectivity index is 1.85. The summed E-state index contributed by atoms with van der Waals surface area (Å²) >= 11 is 0. The van der Waals surface area contributed by atoms with Crippen LogP contribution in [0.5, 0.6) is 5.75 Å². The average Bonchev–Trinajstić information content (AvgIpc) is 3.33. The quantitative estimate of drug-likeness (QED) is 0.116. The highest BCUT2D eigenvalue weighted by molar-refractivity contribution is 5.95. The van der Waals surface area contributed by atoms with Crippen molar-refractivity contribution >= 4 is 40.6 Å². The van der Waals surface area contributed by atoms with Crippen LogP contribution in [0.4, 0.5) is 0 Å². The first-order valence-corrected chi connectivity index (χ1v) is 13.0. The molecule has 224 valence electrons. The first kappa shape index (κ1) is 31.6. The van der Waals surface area contributed by atoms with Crippen LogP contribution < -0.4 is 21.7 Å². The molecule has 0 saturated heterocycles. The highest BCUT2D eigenvalue weighted by atomic mass is 16.4. The number of aliphatic hydroxyl groups excluding tert-OH is 1. The van der Waals surface area contributed by atoms with Gasteiger partial charge in [0.2, 0.25) is 17.7 Å². The fourth-order valence-corrected chi connectivity index (χ4v) is 4.28. The van der Waals surface area contributed by atoms with Gasteiger partial charge >= 0.3 is 11.9 Å². The summed E-state index contributed by atoms with van der Waals surface area (Å²) in [6.45, 7) is 1.21. The van der Waals surface area contributed by atoms with Crippen molar-refractivity contribution in [3.05, 3.63) is 65.9 Å². The number of aliphatic hydroxyl groups is 1. The molecule has 0 aliphatic carbocycles. The number of fused-ring (bicyclic) bond motifs is 1. The molecule has 0 radical (unpaired) electrons. The van der Waals surface area contributed by atoms with E-state index in [1.54, 1.807) is 24.4 Å². The zero-order valence-electron chi connectivity index (χ0n) is 22.6. The molecule has 3 aromatic rings. The third-order valence-corrected chi connectivity index (χ3v) is 6.52. The second kappa shape index (κ2) is 14.1. The normalized spacial score (nSPS) is 14.6. The van der Waals surface area contributed by atoms with Crippen LogP contribution in [0.2, 0.25) is 0 Å². The first-order valence-electron chi connectivity index (χ1n) is 13.0. The summed E-state index contributed by atoms with van der Waals surface area (Å²) in [6.07, 6.45) is -0.761. The van der Waals surface area contributed by atoms with Crippen molar-refractivity contribution in [1.82, 2.24) is 20.9 Å². The van der Waals surface area contributed by atoms with E-state index < -0.39 is 66.4 Å². The topological polar surface area (TPSA) is 244 Å². The molecule has 2 aromatic carbocycles. The summed E-state index contributed by atoms with van der Waals surface area (Å²) in [5, 5.41) is 46.3. The molecular formula is C28H33N5O9. The van der Waals surface area contributed by atoms with Gasteiger partial charge in [0, 0.05) is 29.9 Å². The van der Waals surface area contributed by atoms with Gasteiger partial charge < -0.3 is 47.1 Å². The molecule has 1 aromatic heterocycles. The van der Waals surface area contributed by atoms with Gasteiger partial charge in [0.1, 0.15) is 23.9 Å². The molecule has 5 atom stereocenters. The van der Waals surface area contributed by atoms with Crippen molar-refractivity contribution in [2.45, 2.75) is 56.5 Å². The molecular weight excluding hydrogens is 550 g/mol. The Hall–Kier alpha value is -4.95. The van der Waals surface area contributed by atoms with Crippen molar-refractivity contribution in [3.8, 4) is 5.75 Å². The number of nitrogens with one attached hydrogen (secondary N) is 4. The maximum atomic E-state index is 13.5. The highest BCUT2D eigenvalue weighted by Gasteiger charge is 2.33. The number of carboxylic acid groups (broad SMARTS) is 2. The number of aromatic nitrogens is 1. The number of para-hydroxylation sites is 1. The molecule has 42 heavy (non-hydrogen) atoms. The molecule has 1 heterocycles. The van der Waals surface area contributed by atoms with E-state index in [9.17, 15) is 39.3 Å². The zero-order chi connectivity index (χ0) is 31.0. The zero-order valence-corrected chi connectivity index (χ0v) is 22.6. The van der Waals surface area contributed by atoms with Gasteiger partial charge in [0.05, 0.1) is 18.6 Å². The van der Waals surface area contributed by atoms with Crippen LogP contribution in [0.1, 0.15) is 24.5 Å². The van der Waals surface area contributed by atoms with Gasteiger partial charge in [-0.3, -0.25) is 19.2 Å². The summed E-state index contributed by atoms with van der Waals surface area (Å²) < 4.78 is 0. The molecule has 0 bridgehead atoms. The molecule has 0 saturated carbocycles. The van der Waals surface area contributed by atoms with Crippen LogP contribution in [-0.4, -0.2) is 85.3 Å². The number of amides is 3. The molecule has 10 N–H and O–H groups in total. The summed E-state index contributed by atoms with van der Waals surface area (Å²) in [7, 11) is 0. The number of carbonyl (C=O) groups excluding carboxylic acids is 3. The molecule has 14 nitrogen and oxygen atoms in total. The van der Waals surface area contributed by atoms with Gasteiger partial charge in [-0.05, 0) is 36.2 Å². The Morgan fingerprint density at radius 1 is 0.857 bits per heavy atom. The Bertz CT molecular complexity index is 1440. The number of phenolic OH excluding ortho intramolecular Hbond substituents is 1. The summed E-state index contributed by atoms with van der Waals surface area (Å²) in [4.78, 5) is 65.1. The fourth-order valence-electron chi connectivity index (χ4n) is 4.28. The molecule has 0 aliphatic rings. The largest absolute Gasteiger partial charge is 0.508 e. The number of carboxylic acids is 2. The van der Waals surface area contributed by atoms with Gasteiger partial charge in [0.15, 0.2) is 0 Å². The minimum Gasteiger partial charge on any atom is -0.508 e. The van der Waals surface area contributed by atoms with E-state index in [1.807, 2.05) is 6.07 Å². The number of aromatic hydroxyl groups is 1. The molecule has 5 unspecified atom stereocenters. The number of nitrogens with two attached hydrogens (primary N) is 1. The van der Waals surface area contributed by atoms with Crippen LogP contribution in [-0.2, 0) is 36.8 Å². The number of hydrogen-bond donors (Lipinski definition) is 9. The summed E-state index contributed by atoms with van der Waals surface area (Å²) in [6, 6.07) is 7.10. The second-order valence-corrected chi connectivity index (χ2v) is 9.83. The number of H-pyrrole nitrogens is 1. The lowest BCUT2D eigenvalue weighted by molar-refractivity contribution is -0.142. The van der Waals surface area contributed by atoms with Gasteiger partial charge in [0.25, 0.3) is 0 Å². The van der Waals surface area contributed by atoms with Gasteiger partial charge in [-0.15, -0.1) is 0 Å². The lowest BCUT2D eigenvalue weighted by atomic mass is 10.0. The van der Waals surface area contributed by atoms with E-state index in [0.29, 0.717) is 11.1 Å². The molecule has 3 rings (SSSR count). The Morgan fingerprint density at radius 2 is 1.50 bits per heavy atom. The number of aliphatic carboxylic acids is 2. The van der Waals surface area contributed by atoms with E-state index >= 15 is 0 Å². The maximum Gasteiger partial charge on any atom is 0.326 e. The highest BCUT2D eigenvalue weighted by Crippen LogP contribution is 2.19. The first-order chi connectivity index (χ1) is 19.8. The number of aromatic amines is 1. The van der Waals surface area contributed by atoms with Crippen LogP contribution in [0.3, 0.4) is 0 Å². The van der Waals surface area contributed by atoms with Crippen molar-refractivity contribution < 1.29 is 44.4 Å². The number of hydrogen-bond acceptors (Lipinski definition) is 8. The Morgan fingerprint density at radius 3 is 2.12 bits per heavy atom. The number of rotatable bonds is 14. The van der Waals surface area contributed by atoms with E-state index in [1.165, 1.54) is 31.2 Å². The molecule has 14 heteroatoms. The maximum absolute atomic E-state index is 13.5. The lowest BCUT2D eigenvalue weighted by Crippen LogP contribution is -2.60. The molecule has 3 amide bonds. The molecule has 0 fully saturated rings. The minimum absolute atomic E-state index is 0.0140. The number of carbonyl (C=O) groups is 5. The van der Waals surface area contributed by atoms with Gasteiger partial charge in [-0.25, -0.2) is 4.79 Å². The van der Waals surface area contributed by atoms with E-state index in [0.717, 1.165) is 10.9 Å². The van der Waals surface area contributed by atoms with Gasteiger partial charge in [-0.2, -0.15) is 0 Å².